The largest absolute Gasteiger partial charge is 0.493 e. The minimum Gasteiger partial charge on any atom is -0.493 e. The van der Waals surface area contributed by atoms with Gasteiger partial charge in [-0.3, -0.25) is 9.89 Å². The molecule has 0 spiro atoms. The predicted octanol–water partition coefficient (Wildman–Crippen LogP) is 2.31. The van der Waals surface area contributed by atoms with Gasteiger partial charge in [-0.15, -0.1) is 0 Å². The highest BCUT2D eigenvalue weighted by atomic mass is 16.5. The van der Waals surface area contributed by atoms with Crippen molar-refractivity contribution in [3.05, 3.63) is 23.8 Å². The molecule has 1 aromatic rings. The fourth-order valence-electron chi connectivity index (χ4n) is 4.07. The number of nitrogens with zero attached hydrogens (tertiary/aromatic N) is 2. The highest BCUT2D eigenvalue weighted by Gasteiger charge is 2.24. The number of hydrogen-bond acceptors (Lipinski definition) is 5. The molecule has 0 radical (unpaired) electrons. The zero-order chi connectivity index (χ0) is 19.8. The summed E-state index contributed by atoms with van der Waals surface area (Å²) >= 11 is 0. The number of aliphatic imine (C=N–C) groups is 1. The van der Waals surface area contributed by atoms with Gasteiger partial charge in [-0.2, -0.15) is 0 Å². The van der Waals surface area contributed by atoms with Crippen molar-refractivity contribution >= 4 is 5.96 Å². The van der Waals surface area contributed by atoms with E-state index in [-0.39, 0.29) is 6.04 Å². The van der Waals surface area contributed by atoms with Gasteiger partial charge in [0, 0.05) is 19.1 Å². The molecule has 28 heavy (non-hydrogen) atoms. The van der Waals surface area contributed by atoms with Crippen molar-refractivity contribution in [3.8, 4) is 11.5 Å². The van der Waals surface area contributed by atoms with E-state index in [1.807, 2.05) is 12.1 Å². The lowest BCUT2D eigenvalue weighted by Gasteiger charge is -2.34. The molecule has 2 fully saturated rings. The molecule has 2 aliphatic rings. The topological polar surface area (TPSA) is 81.3 Å². The van der Waals surface area contributed by atoms with Crippen LogP contribution >= 0.6 is 0 Å². The standard InChI is InChI=1S/C21H34N4O3/c1-26-19-9-8-16(14-20(19)27-2)18(25-10-12-28-13-11-25)15-23-21(22)24-17-6-4-3-5-7-17/h8-9,14,17-18H,3-7,10-13,15H2,1-2H3,(H3,22,23,24). The van der Waals surface area contributed by atoms with Crippen LogP contribution in [0.25, 0.3) is 0 Å². The minimum atomic E-state index is 0.121. The third-order valence-corrected chi connectivity index (χ3v) is 5.67. The van der Waals surface area contributed by atoms with Crippen LogP contribution in [0.5, 0.6) is 11.5 Å². The van der Waals surface area contributed by atoms with Gasteiger partial charge in [0.1, 0.15) is 0 Å². The van der Waals surface area contributed by atoms with Gasteiger partial charge in [0.25, 0.3) is 0 Å². The Hall–Kier alpha value is -1.99. The highest BCUT2D eigenvalue weighted by molar-refractivity contribution is 5.78. The molecule has 1 heterocycles. The van der Waals surface area contributed by atoms with Gasteiger partial charge in [-0.1, -0.05) is 25.3 Å². The van der Waals surface area contributed by atoms with Crippen LogP contribution in [0.1, 0.15) is 43.7 Å². The van der Waals surface area contributed by atoms with E-state index in [0.29, 0.717) is 18.5 Å². The molecule has 7 heteroatoms. The zero-order valence-electron chi connectivity index (χ0n) is 17.2. The molecule has 1 unspecified atom stereocenters. The van der Waals surface area contributed by atoms with Gasteiger partial charge in [-0.05, 0) is 30.5 Å². The lowest BCUT2D eigenvalue weighted by atomic mass is 9.96. The molecular formula is C21H34N4O3. The molecule has 0 bridgehead atoms. The number of methoxy groups -OCH3 is 2. The monoisotopic (exact) mass is 390 g/mol. The second-order valence-electron chi connectivity index (χ2n) is 7.48. The van der Waals surface area contributed by atoms with Crippen LogP contribution < -0.4 is 20.5 Å². The first-order chi connectivity index (χ1) is 13.7. The summed E-state index contributed by atoms with van der Waals surface area (Å²) in [6.07, 6.45) is 6.23. The third-order valence-electron chi connectivity index (χ3n) is 5.67. The van der Waals surface area contributed by atoms with E-state index in [0.717, 1.165) is 43.4 Å². The van der Waals surface area contributed by atoms with Gasteiger partial charge < -0.3 is 25.3 Å². The van der Waals surface area contributed by atoms with Crippen LogP contribution in [-0.4, -0.2) is 64.0 Å². The van der Waals surface area contributed by atoms with Gasteiger partial charge >= 0.3 is 0 Å². The smallest absolute Gasteiger partial charge is 0.188 e. The molecule has 1 aliphatic heterocycles. The number of nitrogens with one attached hydrogen (secondary N) is 1. The number of hydrogen-bond donors (Lipinski definition) is 2. The molecule has 1 atom stereocenters. The van der Waals surface area contributed by atoms with Gasteiger partial charge in [0.2, 0.25) is 0 Å². The van der Waals surface area contributed by atoms with Crippen LogP contribution in [0.4, 0.5) is 0 Å². The zero-order valence-corrected chi connectivity index (χ0v) is 17.2. The summed E-state index contributed by atoms with van der Waals surface area (Å²) in [5.74, 6) is 2.01. The molecule has 3 N–H and O–H groups in total. The Morgan fingerprint density at radius 2 is 1.89 bits per heavy atom. The Labute approximate surface area is 168 Å². The van der Waals surface area contributed by atoms with E-state index < -0.39 is 0 Å². The molecule has 3 rings (SSSR count). The molecule has 1 saturated carbocycles. The van der Waals surface area contributed by atoms with Crippen molar-refractivity contribution in [2.75, 3.05) is 47.1 Å². The van der Waals surface area contributed by atoms with Crippen LogP contribution in [0.3, 0.4) is 0 Å². The summed E-state index contributed by atoms with van der Waals surface area (Å²) in [5, 5.41) is 3.41. The molecule has 0 aromatic heterocycles. The van der Waals surface area contributed by atoms with Gasteiger partial charge in [-0.25, -0.2) is 0 Å². The van der Waals surface area contributed by atoms with E-state index in [4.69, 9.17) is 24.9 Å². The first kappa shape index (κ1) is 20.7. The van der Waals surface area contributed by atoms with E-state index in [2.05, 4.69) is 16.3 Å². The van der Waals surface area contributed by atoms with Gasteiger partial charge in [0.15, 0.2) is 17.5 Å². The van der Waals surface area contributed by atoms with Crippen LogP contribution in [0, 0.1) is 0 Å². The Morgan fingerprint density at radius 1 is 1.18 bits per heavy atom. The van der Waals surface area contributed by atoms with E-state index in [1.165, 1.54) is 32.1 Å². The first-order valence-corrected chi connectivity index (χ1v) is 10.3. The summed E-state index contributed by atoms with van der Waals surface area (Å²) in [4.78, 5) is 7.10. The molecule has 0 amide bonds. The number of guanidine groups is 1. The summed E-state index contributed by atoms with van der Waals surface area (Å²) in [7, 11) is 3.31. The number of nitrogens with two attached hydrogens (primary N) is 1. The van der Waals surface area contributed by atoms with Crippen LogP contribution in [0.15, 0.2) is 23.2 Å². The summed E-state index contributed by atoms with van der Waals surface area (Å²) < 4.78 is 16.4. The maximum atomic E-state index is 6.21. The predicted molar refractivity (Wildman–Crippen MR) is 111 cm³/mol. The van der Waals surface area contributed by atoms with Gasteiger partial charge in [0.05, 0.1) is 40.0 Å². The molecule has 156 valence electrons. The van der Waals surface area contributed by atoms with Crippen LogP contribution in [0.2, 0.25) is 0 Å². The minimum absolute atomic E-state index is 0.121. The fourth-order valence-corrected chi connectivity index (χ4v) is 4.07. The summed E-state index contributed by atoms with van der Waals surface area (Å²) in [6, 6.07) is 6.66. The van der Waals surface area contributed by atoms with Crippen molar-refractivity contribution in [1.29, 1.82) is 0 Å². The van der Waals surface area contributed by atoms with Crippen molar-refractivity contribution in [2.24, 2.45) is 10.7 Å². The Kier molecular flexibility index (Phi) is 7.80. The first-order valence-electron chi connectivity index (χ1n) is 10.3. The summed E-state index contributed by atoms with van der Waals surface area (Å²) in [6.45, 7) is 3.84. The highest BCUT2D eigenvalue weighted by Crippen LogP contribution is 2.32. The second-order valence-corrected chi connectivity index (χ2v) is 7.48. The van der Waals surface area contributed by atoms with Crippen molar-refractivity contribution < 1.29 is 14.2 Å². The molecular weight excluding hydrogens is 356 g/mol. The Balaban J connectivity index is 1.74. The molecule has 1 aliphatic carbocycles. The average molecular weight is 391 g/mol. The molecule has 7 nitrogen and oxygen atoms in total. The Bertz CT molecular complexity index is 641. The van der Waals surface area contributed by atoms with Crippen molar-refractivity contribution in [2.45, 2.75) is 44.2 Å². The normalized spacial score (nSPS) is 20.6. The number of morpholine rings is 1. The maximum Gasteiger partial charge on any atom is 0.188 e. The second kappa shape index (κ2) is 10.5. The van der Waals surface area contributed by atoms with Crippen molar-refractivity contribution in [3.63, 3.8) is 0 Å². The quantitative estimate of drug-likeness (QED) is 0.549. The lowest BCUT2D eigenvalue weighted by Crippen LogP contribution is -2.43. The lowest BCUT2D eigenvalue weighted by molar-refractivity contribution is 0.0179. The van der Waals surface area contributed by atoms with Crippen LogP contribution in [-0.2, 0) is 4.74 Å². The maximum absolute atomic E-state index is 6.21. The van der Waals surface area contributed by atoms with E-state index in [9.17, 15) is 0 Å². The fraction of sp³-hybridized carbons (Fsp3) is 0.667. The van der Waals surface area contributed by atoms with E-state index >= 15 is 0 Å². The Morgan fingerprint density at radius 3 is 2.57 bits per heavy atom. The molecule has 1 saturated heterocycles. The number of ether oxygens (including phenoxy) is 3. The van der Waals surface area contributed by atoms with Crippen molar-refractivity contribution in [1.82, 2.24) is 10.2 Å². The number of rotatable bonds is 7. The molecule has 1 aromatic carbocycles. The third kappa shape index (κ3) is 5.52. The number of benzene rings is 1. The summed E-state index contributed by atoms with van der Waals surface area (Å²) in [5.41, 5.74) is 7.36. The van der Waals surface area contributed by atoms with E-state index in [1.54, 1.807) is 14.2 Å². The SMILES string of the molecule is COc1ccc(C(CN=C(N)NC2CCCCC2)N2CCOCC2)cc1OC. The average Bonchev–Trinajstić information content (AvgIpc) is 2.75.